The Kier molecular flexibility index (Phi) is 5.56. The highest BCUT2D eigenvalue weighted by Gasteiger charge is 2.68. The van der Waals surface area contributed by atoms with Crippen molar-refractivity contribution in [3.63, 3.8) is 0 Å². The minimum Gasteiger partial charge on any atom is -0.445 e. The van der Waals surface area contributed by atoms with Gasteiger partial charge in [-0.1, -0.05) is 44.2 Å². The zero-order valence-corrected chi connectivity index (χ0v) is 18.9. The number of carbonyl (C=O) groups is 1. The number of amides is 1. The quantitative estimate of drug-likeness (QED) is 0.707. The van der Waals surface area contributed by atoms with Crippen LogP contribution >= 0.6 is 0 Å². The summed E-state index contributed by atoms with van der Waals surface area (Å²) < 4.78 is 18.8. The van der Waals surface area contributed by atoms with Crippen LogP contribution in [0.3, 0.4) is 0 Å². The van der Waals surface area contributed by atoms with Crippen molar-refractivity contribution in [1.82, 2.24) is 10.6 Å². The van der Waals surface area contributed by atoms with Crippen LogP contribution in [0.15, 0.2) is 30.3 Å². The predicted octanol–water partition coefficient (Wildman–Crippen LogP) is 3.34. The zero-order valence-electron chi connectivity index (χ0n) is 18.9. The molecule has 1 aromatic rings. The Hall–Kier alpha value is -1.57. The lowest BCUT2D eigenvalue weighted by Crippen LogP contribution is -2.65. The summed E-state index contributed by atoms with van der Waals surface area (Å²) in [6.07, 6.45) is 4.45. The molecule has 3 aliphatic carbocycles. The van der Waals surface area contributed by atoms with E-state index in [1.165, 1.54) is 6.42 Å². The molecule has 3 unspecified atom stereocenters. The second-order valence-corrected chi connectivity index (χ2v) is 10.7. The highest BCUT2D eigenvalue weighted by Crippen LogP contribution is 2.65. The molecular formula is C24H35BN2O4. The fraction of sp³-hybridized carbons (Fsp3) is 0.708. The molecule has 6 atom stereocenters. The van der Waals surface area contributed by atoms with E-state index in [2.05, 4.69) is 43.5 Å². The Bertz CT molecular complexity index is 800. The van der Waals surface area contributed by atoms with Crippen molar-refractivity contribution in [2.24, 2.45) is 17.3 Å². The van der Waals surface area contributed by atoms with Gasteiger partial charge in [0.05, 0.1) is 17.6 Å². The van der Waals surface area contributed by atoms with E-state index < -0.39 is 7.12 Å². The maximum absolute atomic E-state index is 12.8. The lowest BCUT2D eigenvalue weighted by Gasteiger charge is -2.64. The first-order chi connectivity index (χ1) is 14.9. The smallest absolute Gasteiger partial charge is 0.445 e. The van der Waals surface area contributed by atoms with Gasteiger partial charge in [0.15, 0.2) is 0 Å². The number of piperidine rings is 1. The van der Waals surface area contributed by atoms with E-state index in [9.17, 15) is 4.79 Å². The van der Waals surface area contributed by atoms with Crippen molar-refractivity contribution >= 4 is 13.2 Å². The van der Waals surface area contributed by atoms with Crippen LogP contribution in [0.2, 0.25) is 0 Å². The van der Waals surface area contributed by atoms with Crippen molar-refractivity contribution in [1.29, 1.82) is 0 Å². The molecule has 0 spiro atoms. The van der Waals surface area contributed by atoms with Gasteiger partial charge in [-0.2, -0.15) is 0 Å². The van der Waals surface area contributed by atoms with Gasteiger partial charge in [-0.25, -0.2) is 4.79 Å². The Labute approximate surface area is 185 Å². The summed E-state index contributed by atoms with van der Waals surface area (Å²) in [5.41, 5.74) is 1.14. The van der Waals surface area contributed by atoms with Crippen LogP contribution in [0.25, 0.3) is 0 Å². The summed E-state index contributed by atoms with van der Waals surface area (Å²) in [6, 6.07) is 10.2. The van der Waals surface area contributed by atoms with E-state index in [4.69, 9.17) is 14.0 Å². The second kappa shape index (κ2) is 8.09. The number of alkyl carbamates (subject to hydrolysis) is 1. The molecule has 2 saturated heterocycles. The molecule has 3 saturated carbocycles. The molecule has 2 aliphatic heterocycles. The van der Waals surface area contributed by atoms with Crippen LogP contribution in [0.5, 0.6) is 0 Å². The monoisotopic (exact) mass is 426 g/mol. The highest BCUT2D eigenvalue weighted by molar-refractivity contribution is 6.47. The number of benzene rings is 1. The van der Waals surface area contributed by atoms with E-state index in [0.29, 0.717) is 30.2 Å². The number of nitrogens with one attached hydrogen (secondary N) is 2. The first-order valence-corrected chi connectivity index (χ1v) is 11.9. The molecular weight excluding hydrogens is 391 g/mol. The molecule has 0 radical (unpaired) electrons. The number of hydrogen-bond donors (Lipinski definition) is 2. The molecule has 7 heteroatoms. The van der Waals surface area contributed by atoms with Crippen molar-refractivity contribution in [3.05, 3.63) is 35.9 Å². The number of ether oxygens (including phenoxy) is 1. The predicted molar refractivity (Wildman–Crippen MR) is 120 cm³/mol. The van der Waals surface area contributed by atoms with Gasteiger partial charge < -0.3 is 24.7 Å². The van der Waals surface area contributed by atoms with Crippen molar-refractivity contribution in [2.45, 2.75) is 76.6 Å². The van der Waals surface area contributed by atoms with Crippen molar-refractivity contribution in [2.75, 3.05) is 13.1 Å². The van der Waals surface area contributed by atoms with Gasteiger partial charge >= 0.3 is 13.2 Å². The number of rotatable bonds is 5. The fourth-order valence-corrected chi connectivity index (χ4v) is 6.41. The second-order valence-electron chi connectivity index (χ2n) is 10.7. The summed E-state index contributed by atoms with van der Waals surface area (Å²) in [7, 11) is -0.470. The molecule has 2 heterocycles. The summed E-state index contributed by atoms with van der Waals surface area (Å²) in [4.78, 5) is 12.8. The molecule has 6 rings (SSSR count). The SMILES string of the molecule is CC1(C)C2C[C@H]1C[C@H]1OB(C(Cc3ccccc3)NC(=O)OC3CCCNC3)O[C@@]21C. The molecule has 1 amide bonds. The highest BCUT2D eigenvalue weighted by atomic mass is 16.7. The molecule has 1 aromatic carbocycles. The zero-order chi connectivity index (χ0) is 21.6. The third-order valence-electron chi connectivity index (χ3n) is 8.42. The van der Waals surface area contributed by atoms with Gasteiger partial charge in [-0.15, -0.1) is 0 Å². The average Bonchev–Trinajstić information content (AvgIpc) is 3.12. The van der Waals surface area contributed by atoms with Crippen LogP contribution < -0.4 is 10.6 Å². The van der Waals surface area contributed by atoms with Crippen LogP contribution in [-0.4, -0.2) is 50.1 Å². The Morgan fingerprint density at radius 1 is 1.29 bits per heavy atom. The largest absolute Gasteiger partial charge is 0.482 e. The molecule has 31 heavy (non-hydrogen) atoms. The van der Waals surface area contributed by atoms with E-state index in [0.717, 1.165) is 31.4 Å². The van der Waals surface area contributed by atoms with Gasteiger partial charge in [-0.3, -0.25) is 0 Å². The van der Waals surface area contributed by atoms with Crippen molar-refractivity contribution < 1.29 is 18.8 Å². The third kappa shape index (κ3) is 3.89. The van der Waals surface area contributed by atoms with Crippen LogP contribution in [-0.2, 0) is 20.5 Å². The van der Waals surface area contributed by atoms with Gasteiger partial charge in [0, 0.05) is 6.54 Å². The fourth-order valence-electron chi connectivity index (χ4n) is 6.41. The molecule has 2 N–H and O–H groups in total. The molecule has 5 aliphatic rings. The lowest BCUT2D eigenvalue weighted by molar-refractivity contribution is -0.199. The summed E-state index contributed by atoms with van der Waals surface area (Å²) in [5, 5.41) is 6.38. The first kappa shape index (κ1) is 21.3. The maximum Gasteiger partial charge on any atom is 0.482 e. The number of carbonyl (C=O) groups excluding carboxylic acids is 1. The standard InChI is InChI=1S/C24H35BN2O4/c1-23(2)17-13-19(23)24(3)20(14-17)30-25(31-24)21(12-16-8-5-4-6-9-16)27-22(28)29-18-10-7-11-26-15-18/h4-6,8-9,17-21,26H,7,10-15H2,1-3H3,(H,27,28)/t17-,18?,19?,20+,21?,24-/m0/s1. The van der Waals surface area contributed by atoms with Crippen LogP contribution in [0, 0.1) is 17.3 Å². The van der Waals surface area contributed by atoms with Gasteiger partial charge in [0.1, 0.15) is 6.10 Å². The molecule has 168 valence electrons. The van der Waals surface area contributed by atoms with Crippen molar-refractivity contribution in [3.8, 4) is 0 Å². The van der Waals surface area contributed by atoms with E-state index in [1.807, 2.05) is 18.2 Å². The Morgan fingerprint density at radius 2 is 2.10 bits per heavy atom. The Morgan fingerprint density at radius 3 is 2.81 bits per heavy atom. The number of hydrogen-bond acceptors (Lipinski definition) is 5. The molecule has 5 fully saturated rings. The topological polar surface area (TPSA) is 68.8 Å². The maximum atomic E-state index is 12.8. The van der Waals surface area contributed by atoms with E-state index >= 15 is 0 Å². The van der Waals surface area contributed by atoms with Gasteiger partial charge in [0.2, 0.25) is 0 Å². The van der Waals surface area contributed by atoms with Crippen LogP contribution in [0.4, 0.5) is 4.79 Å². The van der Waals surface area contributed by atoms with Gasteiger partial charge in [-0.05, 0) is 68.4 Å². The molecule has 0 aromatic heterocycles. The Balaban J connectivity index is 1.30. The van der Waals surface area contributed by atoms with E-state index in [-0.39, 0.29) is 29.8 Å². The molecule has 6 nitrogen and oxygen atoms in total. The normalized spacial score (nSPS) is 36.8. The first-order valence-electron chi connectivity index (χ1n) is 11.9. The third-order valence-corrected chi connectivity index (χ3v) is 8.42. The minimum absolute atomic E-state index is 0.0790. The minimum atomic E-state index is -0.470. The van der Waals surface area contributed by atoms with Crippen LogP contribution in [0.1, 0.15) is 52.0 Å². The summed E-state index contributed by atoms with van der Waals surface area (Å²) >= 11 is 0. The summed E-state index contributed by atoms with van der Waals surface area (Å²) in [6.45, 7) is 8.63. The summed E-state index contributed by atoms with van der Waals surface area (Å²) in [5.74, 6) is 0.891. The van der Waals surface area contributed by atoms with E-state index in [1.54, 1.807) is 0 Å². The average molecular weight is 426 g/mol. The lowest BCUT2D eigenvalue weighted by atomic mass is 9.43. The molecule has 2 bridgehead atoms. The van der Waals surface area contributed by atoms with Gasteiger partial charge in [0.25, 0.3) is 0 Å².